The molecule has 3 heteroatoms. The van der Waals surface area contributed by atoms with Crippen LogP contribution in [0.5, 0.6) is 5.75 Å². The van der Waals surface area contributed by atoms with Crippen LogP contribution in [-0.2, 0) is 0 Å². The third-order valence-electron chi connectivity index (χ3n) is 2.47. The molecule has 80 valence electrons. The molecule has 0 aliphatic rings. The average molecular weight is 204 g/mol. The van der Waals surface area contributed by atoms with E-state index in [0.717, 1.165) is 16.7 Å². The van der Waals surface area contributed by atoms with Crippen molar-refractivity contribution in [2.24, 2.45) is 0 Å². The van der Waals surface area contributed by atoms with Gasteiger partial charge < -0.3 is 5.11 Å². The fraction of sp³-hybridized carbons (Fsp3) is 0.417. The number of hydrogen-bond donors (Lipinski definition) is 1. The van der Waals surface area contributed by atoms with Gasteiger partial charge in [-0.15, -0.1) is 0 Å². The summed E-state index contributed by atoms with van der Waals surface area (Å²) in [6.45, 7) is 3.69. The minimum absolute atomic E-state index is 0.261. The third kappa shape index (κ3) is 2.28. The van der Waals surface area contributed by atoms with E-state index in [0.29, 0.717) is 5.75 Å². The Morgan fingerprint density at radius 3 is 2.07 bits per heavy atom. The lowest BCUT2D eigenvalue weighted by molar-refractivity contribution is 0.357. The van der Waals surface area contributed by atoms with Crippen LogP contribution in [0.1, 0.15) is 22.7 Å². The summed E-state index contributed by atoms with van der Waals surface area (Å²) in [6, 6.07) is 5.69. The highest BCUT2D eigenvalue weighted by Gasteiger charge is 2.15. The van der Waals surface area contributed by atoms with E-state index < -0.39 is 0 Å². The zero-order valence-corrected chi connectivity index (χ0v) is 9.57. The Kier molecular flexibility index (Phi) is 3.33. The summed E-state index contributed by atoms with van der Waals surface area (Å²) < 4.78 is 0. The van der Waals surface area contributed by atoms with Crippen molar-refractivity contribution in [3.63, 3.8) is 0 Å². The average Bonchev–Trinajstić information content (AvgIpc) is 2.14. The van der Waals surface area contributed by atoms with Crippen molar-refractivity contribution in [1.29, 1.82) is 5.26 Å². The number of nitrogens with zero attached hydrogens (tertiary/aromatic N) is 2. The van der Waals surface area contributed by atoms with Gasteiger partial charge in [0.2, 0.25) is 0 Å². The summed E-state index contributed by atoms with van der Waals surface area (Å²) >= 11 is 0. The molecule has 0 fully saturated rings. The zero-order valence-electron chi connectivity index (χ0n) is 9.57. The zero-order chi connectivity index (χ0) is 11.6. The van der Waals surface area contributed by atoms with Gasteiger partial charge in [-0.25, -0.2) is 0 Å². The largest absolute Gasteiger partial charge is 0.507 e. The molecule has 1 aromatic carbocycles. The van der Waals surface area contributed by atoms with Crippen LogP contribution in [0.15, 0.2) is 12.1 Å². The van der Waals surface area contributed by atoms with Crippen molar-refractivity contribution in [3.05, 3.63) is 28.8 Å². The van der Waals surface area contributed by atoms with Crippen LogP contribution in [-0.4, -0.2) is 24.1 Å². The number of aryl methyl sites for hydroxylation is 2. The van der Waals surface area contributed by atoms with E-state index in [1.807, 2.05) is 45.0 Å². The standard InChI is InChI=1S/C12H16N2O/c1-8-5-10(6-9(2)12(8)15)11(7-13)14(3)4/h5-6,11,15H,1-4H3. The lowest BCUT2D eigenvalue weighted by Crippen LogP contribution is -2.18. The van der Waals surface area contributed by atoms with Gasteiger partial charge in [0.15, 0.2) is 0 Å². The molecule has 0 aliphatic heterocycles. The number of phenolic OH excluding ortho intramolecular Hbond substituents is 1. The molecular weight excluding hydrogens is 188 g/mol. The van der Waals surface area contributed by atoms with Crippen LogP contribution in [0, 0.1) is 25.2 Å². The minimum Gasteiger partial charge on any atom is -0.507 e. The summed E-state index contributed by atoms with van der Waals surface area (Å²) in [4.78, 5) is 1.85. The van der Waals surface area contributed by atoms with E-state index in [4.69, 9.17) is 5.26 Å². The predicted molar refractivity (Wildman–Crippen MR) is 59.6 cm³/mol. The predicted octanol–water partition coefficient (Wildman–Crippen LogP) is 2.14. The van der Waals surface area contributed by atoms with Gasteiger partial charge >= 0.3 is 0 Å². The number of hydrogen-bond acceptors (Lipinski definition) is 3. The van der Waals surface area contributed by atoms with Crippen LogP contribution in [0.25, 0.3) is 0 Å². The lowest BCUT2D eigenvalue weighted by atomic mass is 10.0. The summed E-state index contributed by atoms with van der Waals surface area (Å²) in [5, 5.41) is 18.7. The van der Waals surface area contributed by atoms with Gasteiger partial charge in [0.25, 0.3) is 0 Å². The molecule has 1 atom stereocenters. The van der Waals surface area contributed by atoms with Crippen molar-refractivity contribution in [3.8, 4) is 11.8 Å². The minimum atomic E-state index is -0.261. The number of benzene rings is 1. The van der Waals surface area contributed by atoms with Crippen molar-refractivity contribution in [1.82, 2.24) is 4.90 Å². The molecule has 0 saturated carbocycles. The summed E-state index contributed by atoms with van der Waals surface area (Å²) in [5.74, 6) is 0.314. The summed E-state index contributed by atoms with van der Waals surface area (Å²) in [6.07, 6.45) is 0. The highest BCUT2D eigenvalue weighted by molar-refractivity contribution is 5.44. The molecule has 1 rings (SSSR count). The molecule has 0 heterocycles. The second kappa shape index (κ2) is 4.33. The maximum Gasteiger partial charge on any atom is 0.123 e. The molecule has 15 heavy (non-hydrogen) atoms. The monoisotopic (exact) mass is 204 g/mol. The molecule has 0 amide bonds. The molecule has 0 saturated heterocycles. The first kappa shape index (κ1) is 11.5. The van der Waals surface area contributed by atoms with Gasteiger partial charge in [-0.3, -0.25) is 4.90 Å². The second-order valence-electron chi connectivity index (χ2n) is 4.00. The Bertz CT molecular complexity index is 382. The molecule has 0 bridgehead atoms. The van der Waals surface area contributed by atoms with Crippen molar-refractivity contribution < 1.29 is 5.11 Å². The first-order valence-corrected chi connectivity index (χ1v) is 4.83. The van der Waals surface area contributed by atoms with Crippen molar-refractivity contribution in [2.75, 3.05) is 14.1 Å². The van der Waals surface area contributed by atoms with Gasteiger partial charge in [-0.1, -0.05) is 0 Å². The van der Waals surface area contributed by atoms with Gasteiger partial charge in [0.1, 0.15) is 11.8 Å². The summed E-state index contributed by atoms with van der Waals surface area (Å²) in [5.41, 5.74) is 2.55. The first-order chi connectivity index (χ1) is 6.97. The van der Waals surface area contributed by atoms with Crippen LogP contribution in [0.4, 0.5) is 0 Å². The van der Waals surface area contributed by atoms with Crippen LogP contribution < -0.4 is 0 Å². The molecule has 0 aliphatic carbocycles. The molecule has 0 radical (unpaired) electrons. The molecule has 0 aromatic heterocycles. The van der Waals surface area contributed by atoms with Crippen LogP contribution >= 0.6 is 0 Å². The maximum atomic E-state index is 9.63. The number of phenols is 1. The summed E-state index contributed by atoms with van der Waals surface area (Å²) in [7, 11) is 3.73. The maximum absolute atomic E-state index is 9.63. The van der Waals surface area contributed by atoms with E-state index in [-0.39, 0.29) is 6.04 Å². The molecule has 1 aromatic rings. The molecule has 1 unspecified atom stereocenters. The Balaban J connectivity index is 3.22. The van der Waals surface area contributed by atoms with E-state index in [1.54, 1.807) is 0 Å². The Morgan fingerprint density at radius 1 is 1.27 bits per heavy atom. The highest BCUT2D eigenvalue weighted by atomic mass is 16.3. The van der Waals surface area contributed by atoms with Crippen molar-refractivity contribution >= 4 is 0 Å². The van der Waals surface area contributed by atoms with Crippen LogP contribution in [0.3, 0.4) is 0 Å². The Hall–Kier alpha value is -1.53. The molecule has 0 spiro atoms. The first-order valence-electron chi connectivity index (χ1n) is 4.83. The lowest BCUT2D eigenvalue weighted by Gasteiger charge is -2.19. The smallest absolute Gasteiger partial charge is 0.123 e. The van der Waals surface area contributed by atoms with E-state index in [2.05, 4.69) is 6.07 Å². The molecule has 1 N–H and O–H groups in total. The number of rotatable bonds is 2. The van der Waals surface area contributed by atoms with Gasteiger partial charge in [0.05, 0.1) is 6.07 Å². The second-order valence-corrected chi connectivity index (χ2v) is 4.00. The number of nitriles is 1. The third-order valence-corrected chi connectivity index (χ3v) is 2.47. The van der Waals surface area contributed by atoms with E-state index in [1.165, 1.54) is 0 Å². The van der Waals surface area contributed by atoms with Gasteiger partial charge in [-0.2, -0.15) is 5.26 Å². The van der Waals surface area contributed by atoms with E-state index in [9.17, 15) is 5.11 Å². The normalized spacial score (nSPS) is 12.5. The van der Waals surface area contributed by atoms with Gasteiger partial charge in [0, 0.05) is 0 Å². The quantitative estimate of drug-likeness (QED) is 0.802. The van der Waals surface area contributed by atoms with Gasteiger partial charge in [-0.05, 0) is 56.8 Å². The fourth-order valence-corrected chi connectivity index (χ4v) is 1.64. The number of aromatic hydroxyl groups is 1. The molecular formula is C12H16N2O. The van der Waals surface area contributed by atoms with E-state index >= 15 is 0 Å². The SMILES string of the molecule is Cc1cc(C(C#N)N(C)C)cc(C)c1O. The topological polar surface area (TPSA) is 47.3 Å². The molecule has 3 nitrogen and oxygen atoms in total. The highest BCUT2D eigenvalue weighted by Crippen LogP contribution is 2.27. The Morgan fingerprint density at radius 2 is 1.73 bits per heavy atom. The van der Waals surface area contributed by atoms with Crippen molar-refractivity contribution in [2.45, 2.75) is 19.9 Å². The fourth-order valence-electron chi connectivity index (χ4n) is 1.64. The Labute approximate surface area is 90.6 Å². The van der Waals surface area contributed by atoms with Crippen LogP contribution in [0.2, 0.25) is 0 Å².